The number of carbonyl (C=O) groups excluding carboxylic acids is 5. The van der Waals surface area contributed by atoms with Crippen molar-refractivity contribution in [1.82, 2.24) is 4.90 Å². The highest BCUT2D eigenvalue weighted by atomic mass is 19.1. The topological polar surface area (TPSA) is 118 Å². The van der Waals surface area contributed by atoms with Gasteiger partial charge in [0.05, 0.1) is 18.9 Å². The van der Waals surface area contributed by atoms with Crippen molar-refractivity contribution in [2.24, 2.45) is 17.8 Å². The van der Waals surface area contributed by atoms with Crippen LogP contribution in [0.5, 0.6) is 5.75 Å². The van der Waals surface area contributed by atoms with Gasteiger partial charge >= 0.3 is 6.09 Å². The number of nitrogens with zero attached hydrogens (tertiary/aromatic N) is 1. The number of Topliss-reactive ketones (excluding diaryl/α,β-unsaturated/α-hetero) is 1. The number of allylic oxidation sites excluding steroid dienone is 6. The lowest BCUT2D eigenvalue weighted by molar-refractivity contribution is -0.137. The number of hydrogen-bond acceptors (Lipinski definition) is 7. The number of carbonyl (C=O) groups is 5. The van der Waals surface area contributed by atoms with Crippen molar-refractivity contribution in [3.63, 3.8) is 0 Å². The number of amides is 3. The number of phenolic OH excluding ortho intramolecular Hbond substituents is 1. The smallest absolute Gasteiger partial charge is 0.423 e. The predicted octanol–water partition coefficient (Wildman–Crippen LogP) is 2.73. The maximum absolute atomic E-state index is 14.3. The summed E-state index contributed by atoms with van der Waals surface area (Å²) in [5, 5.41) is 10.5. The molecule has 3 amide bonds. The van der Waals surface area contributed by atoms with Crippen LogP contribution in [0.2, 0.25) is 0 Å². The number of likely N-dealkylation sites (tertiary alicyclic amines) is 1. The Morgan fingerprint density at radius 1 is 1.15 bits per heavy atom. The van der Waals surface area contributed by atoms with Crippen molar-refractivity contribution in [2.75, 3.05) is 7.11 Å². The Bertz CT molecular complexity index is 1300. The molecule has 4 aliphatic rings. The summed E-state index contributed by atoms with van der Waals surface area (Å²) in [5.74, 6) is -7.19. The number of para-hydroxylation sites is 1. The van der Waals surface area contributed by atoms with Crippen LogP contribution in [0.3, 0.4) is 0 Å². The third-order valence-electron chi connectivity index (χ3n) is 7.25. The van der Waals surface area contributed by atoms with E-state index in [2.05, 4.69) is 4.74 Å². The Morgan fingerprint density at radius 3 is 2.59 bits per heavy atom. The molecule has 1 heterocycles. The van der Waals surface area contributed by atoms with Gasteiger partial charge in [-0.15, -0.1) is 0 Å². The maximum atomic E-state index is 14.3. The standard InChI is InChI=1S/C25H20FNO7/c1-10-8-17(28)20-15(21(10)29)9-14-11(18(20)12-4-3-5-16(26)22(12)30)6-7-13-19(14)24(32)27(23(13)31)25(33)34-2/h3-6,8,13-14,18-19,30H,7,9H2,1-2H3. The van der Waals surface area contributed by atoms with Crippen LogP contribution in [0.1, 0.15) is 31.2 Å². The molecule has 8 nitrogen and oxygen atoms in total. The molecule has 0 spiro atoms. The van der Waals surface area contributed by atoms with Crippen LogP contribution in [0.25, 0.3) is 0 Å². The van der Waals surface area contributed by atoms with Gasteiger partial charge < -0.3 is 9.84 Å². The van der Waals surface area contributed by atoms with Gasteiger partial charge in [-0.1, -0.05) is 23.8 Å². The van der Waals surface area contributed by atoms with Crippen LogP contribution < -0.4 is 0 Å². The Balaban J connectivity index is 1.70. The lowest BCUT2D eigenvalue weighted by Gasteiger charge is -2.42. The number of ketones is 2. The second kappa shape index (κ2) is 7.58. The molecule has 0 radical (unpaired) electrons. The van der Waals surface area contributed by atoms with Gasteiger partial charge in [-0.3, -0.25) is 19.2 Å². The first kappa shape index (κ1) is 21.9. The van der Waals surface area contributed by atoms with Gasteiger partial charge in [0, 0.05) is 28.2 Å². The molecule has 3 aliphatic carbocycles. The molecule has 9 heteroatoms. The molecule has 1 aliphatic heterocycles. The average Bonchev–Trinajstić information content (AvgIpc) is 3.07. The third-order valence-corrected chi connectivity index (χ3v) is 7.25. The van der Waals surface area contributed by atoms with Crippen molar-refractivity contribution in [3.05, 3.63) is 64.0 Å². The summed E-state index contributed by atoms with van der Waals surface area (Å²) < 4.78 is 18.9. The summed E-state index contributed by atoms with van der Waals surface area (Å²) in [6, 6.07) is 3.93. The first-order chi connectivity index (χ1) is 16.2. The molecule has 1 aromatic carbocycles. The second-order valence-corrected chi connectivity index (χ2v) is 8.89. The van der Waals surface area contributed by atoms with Crippen molar-refractivity contribution >= 4 is 29.5 Å². The highest BCUT2D eigenvalue weighted by molar-refractivity contribution is 6.24. The minimum Gasteiger partial charge on any atom is -0.505 e. The van der Waals surface area contributed by atoms with E-state index in [0.29, 0.717) is 10.5 Å². The van der Waals surface area contributed by atoms with Gasteiger partial charge in [-0.25, -0.2) is 9.18 Å². The number of fused-ring (bicyclic) bond motifs is 3. The van der Waals surface area contributed by atoms with E-state index < -0.39 is 58.9 Å². The number of phenols is 1. The number of benzene rings is 1. The van der Waals surface area contributed by atoms with Gasteiger partial charge in [0.25, 0.3) is 0 Å². The number of halogens is 1. The molecule has 5 rings (SSSR count). The number of methoxy groups -OCH3 is 1. The zero-order valence-electron chi connectivity index (χ0n) is 18.3. The average molecular weight is 465 g/mol. The molecule has 0 saturated carbocycles. The molecule has 34 heavy (non-hydrogen) atoms. The molecular weight excluding hydrogens is 445 g/mol. The number of hydrogen-bond donors (Lipinski definition) is 1. The van der Waals surface area contributed by atoms with Gasteiger partial charge in [-0.2, -0.15) is 4.90 Å². The fraction of sp³-hybridized carbons (Fsp3) is 0.320. The summed E-state index contributed by atoms with van der Waals surface area (Å²) in [5.41, 5.74) is 1.19. The molecule has 1 fully saturated rings. The Hall–Kier alpha value is -3.88. The van der Waals surface area contributed by atoms with E-state index in [1.54, 1.807) is 6.08 Å². The Morgan fingerprint density at radius 2 is 1.88 bits per heavy atom. The highest BCUT2D eigenvalue weighted by Gasteiger charge is 2.58. The minimum atomic E-state index is -1.08. The Labute approximate surface area is 193 Å². The second-order valence-electron chi connectivity index (χ2n) is 8.89. The molecule has 0 bridgehead atoms. The van der Waals surface area contributed by atoms with Crippen LogP contribution in [-0.4, -0.2) is 46.6 Å². The third kappa shape index (κ3) is 2.85. The van der Waals surface area contributed by atoms with Crippen molar-refractivity contribution in [1.29, 1.82) is 0 Å². The lowest BCUT2D eigenvalue weighted by Crippen LogP contribution is -2.40. The van der Waals surface area contributed by atoms with Crippen molar-refractivity contribution < 1.29 is 38.2 Å². The molecule has 0 aromatic heterocycles. The van der Waals surface area contributed by atoms with Gasteiger partial charge in [-0.05, 0) is 37.8 Å². The van der Waals surface area contributed by atoms with Crippen LogP contribution in [0.4, 0.5) is 9.18 Å². The SMILES string of the molecule is COC(=O)N1C(=O)C2CC=C3C(c4cccc(F)c4O)C4=C(CC3C2C1=O)C(=O)C(C)=CC4=O. The van der Waals surface area contributed by atoms with E-state index in [9.17, 15) is 33.5 Å². The summed E-state index contributed by atoms with van der Waals surface area (Å²) in [7, 11) is 1.07. The van der Waals surface area contributed by atoms with Crippen LogP contribution >= 0.6 is 0 Å². The van der Waals surface area contributed by atoms with Crippen molar-refractivity contribution in [3.8, 4) is 5.75 Å². The quantitative estimate of drug-likeness (QED) is 0.385. The number of rotatable bonds is 1. The van der Waals surface area contributed by atoms with Crippen LogP contribution in [0.15, 0.2) is 52.6 Å². The fourth-order valence-corrected chi connectivity index (χ4v) is 5.77. The van der Waals surface area contributed by atoms with Crippen molar-refractivity contribution in [2.45, 2.75) is 25.7 Å². The van der Waals surface area contributed by atoms with E-state index in [1.807, 2.05) is 0 Å². The minimum absolute atomic E-state index is 0.0126. The highest BCUT2D eigenvalue weighted by Crippen LogP contribution is 2.56. The summed E-state index contributed by atoms with van der Waals surface area (Å²) in [6.07, 6.45) is 1.97. The van der Waals surface area contributed by atoms with E-state index in [0.717, 1.165) is 13.2 Å². The lowest BCUT2D eigenvalue weighted by atomic mass is 9.59. The van der Waals surface area contributed by atoms with E-state index in [4.69, 9.17) is 0 Å². The largest absolute Gasteiger partial charge is 0.505 e. The first-order valence-electron chi connectivity index (χ1n) is 10.8. The fourth-order valence-electron chi connectivity index (χ4n) is 5.77. The molecule has 1 saturated heterocycles. The Kier molecular flexibility index (Phi) is 4.89. The summed E-state index contributed by atoms with van der Waals surface area (Å²) in [6.45, 7) is 1.51. The molecule has 4 unspecified atom stereocenters. The van der Waals surface area contributed by atoms with Crippen LogP contribution in [0, 0.1) is 23.6 Å². The first-order valence-corrected chi connectivity index (χ1v) is 10.8. The number of aromatic hydroxyl groups is 1. The van der Waals surface area contributed by atoms with Crippen LogP contribution in [-0.2, 0) is 23.9 Å². The predicted molar refractivity (Wildman–Crippen MR) is 114 cm³/mol. The normalized spacial score (nSPS) is 28.3. The maximum Gasteiger partial charge on any atom is 0.423 e. The zero-order chi connectivity index (χ0) is 24.5. The molecule has 1 N–H and O–H groups in total. The van der Waals surface area contributed by atoms with Gasteiger partial charge in [0.15, 0.2) is 23.1 Å². The number of ether oxygens (including phenoxy) is 1. The van der Waals surface area contributed by atoms with Gasteiger partial charge in [0.2, 0.25) is 11.8 Å². The van der Waals surface area contributed by atoms with E-state index >= 15 is 0 Å². The zero-order valence-corrected chi connectivity index (χ0v) is 18.3. The summed E-state index contributed by atoms with van der Waals surface area (Å²) >= 11 is 0. The van der Waals surface area contributed by atoms with E-state index in [-0.39, 0.29) is 40.9 Å². The molecule has 4 atom stereocenters. The monoisotopic (exact) mass is 465 g/mol. The summed E-state index contributed by atoms with van der Waals surface area (Å²) in [4.78, 5) is 64.9. The van der Waals surface area contributed by atoms with Gasteiger partial charge in [0.1, 0.15) is 0 Å². The number of imide groups is 3. The molecule has 174 valence electrons. The van der Waals surface area contributed by atoms with E-state index in [1.165, 1.54) is 25.1 Å². The molecular formula is C25H20FNO7. The molecule has 1 aromatic rings.